The van der Waals surface area contributed by atoms with E-state index < -0.39 is 15.6 Å². The Kier molecular flexibility index (Phi) is 5.41. The van der Waals surface area contributed by atoms with Crippen LogP contribution in [-0.2, 0) is 22.2 Å². The van der Waals surface area contributed by atoms with Crippen molar-refractivity contribution in [3.63, 3.8) is 0 Å². The molecule has 0 unspecified atom stereocenters. The number of hydrogen-bond donors (Lipinski definition) is 2. The number of aromatic nitrogens is 6. The van der Waals surface area contributed by atoms with Gasteiger partial charge >= 0.3 is 0 Å². The normalized spacial score (nSPS) is 15.8. The smallest absolute Gasteiger partial charge is 0.214 e. The van der Waals surface area contributed by atoms with E-state index in [4.69, 9.17) is 9.40 Å². The van der Waals surface area contributed by atoms with Crippen LogP contribution in [0.2, 0.25) is 0 Å². The number of pyridine rings is 1. The first-order chi connectivity index (χ1) is 17.9. The summed E-state index contributed by atoms with van der Waals surface area (Å²) in [6.45, 7) is 1.96. The molecule has 0 saturated carbocycles. The van der Waals surface area contributed by atoms with E-state index >= 15 is 0 Å². The second kappa shape index (κ2) is 8.55. The number of nitrogens with one attached hydrogen (secondary N) is 1. The van der Waals surface area contributed by atoms with Gasteiger partial charge in [-0.05, 0) is 24.6 Å². The first kappa shape index (κ1) is 23.4. The second-order valence-corrected chi connectivity index (χ2v) is 11.3. The highest BCUT2D eigenvalue weighted by Gasteiger charge is 2.50. The second-order valence-electron chi connectivity index (χ2n) is 9.21. The van der Waals surface area contributed by atoms with Crippen molar-refractivity contribution in [1.82, 2.24) is 33.6 Å². The molecule has 1 aliphatic rings. The van der Waals surface area contributed by atoms with Crippen molar-refractivity contribution in [2.45, 2.75) is 31.9 Å². The highest BCUT2D eigenvalue weighted by molar-refractivity contribution is 7.89. The van der Waals surface area contributed by atoms with E-state index in [1.54, 1.807) is 41.6 Å². The van der Waals surface area contributed by atoms with E-state index in [-0.39, 0.29) is 31.9 Å². The molecule has 1 fully saturated rings. The predicted molar refractivity (Wildman–Crippen MR) is 134 cm³/mol. The number of aliphatic hydroxyl groups excluding tert-OH is 1. The van der Waals surface area contributed by atoms with Gasteiger partial charge in [0.1, 0.15) is 29.1 Å². The predicted octanol–water partition coefficient (Wildman–Crippen LogP) is 2.51. The van der Waals surface area contributed by atoms with Crippen LogP contribution in [-0.4, -0.2) is 66.0 Å². The summed E-state index contributed by atoms with van der Waals surface area (Å²) in [5, 5.41) is 24.5. The molecule has 0 aromatic carbocycles. The minimum atomic E-state index is -3.37. The third-order valence-corrected chi connectivity index (χ3v) is 8.73. The van der Waals surface area contributed by atoms with Crippen molar-refractivity contribution in [2.75, 3.05) is 18.8 Å². The van der Waals surface area contributed by atoms with Gasteiger partial charge in [0.05, 0.1) is 41.8 Å². The largest absolute Gasteiger partial charge is 0.455 e. The number of furan rings is 1. The molecule has 37 heavy (non-hydrogen) atoms. The average Bonchev–Trinajstić information content (AvgIpc) is 3.63. The van der Waals surface area contributed by atoms with E-state index in [0.717, 1.165) is 10.9 Å². The zero-order chi connectivity index (χ0) is 25.8. The van der Waals surface area contributed by atoms with Crippen molar-refractivity contribution in [3.05, 3.63) is 48.7 Å². The molecule has 0 bridgehead atoms. The van der Waals surface area contributed by atoms with E-state index in [0.29, 0.717) is 40.6 Å². The van der Waals surface area contributed by atoms with Crippen LogP contribution >= 0.6 is 0 Å². The topological polar surface area (TPSA) is 159 Å². The number of H-pyrrole nitrogens is 1. The first-order valence-electron chi connectivity index (χ1n) is 11.8. The Bertz CT molecular complexity index is 1760. The Morgan fingerprint density at radius 2 is 2.11 bits per heavy atom. The summed E-state index contributed by atoms with van der Waals surface area (Å²) in [5.41, 5.74) is 2.03. The summed E-state index contributed by atoms with van der Waals surface area (Å²) in [4.78, 5) is 12.3. The first-order valence-corrected chi connectivity index (χ1v) is 13.4. The van der Waals surface area contributed by atoms with Crippen LogP contribution in [0.25, 0.3) is 39.3 Å². The van der Waals surface area contributed by atoms with E-state index in [2.05, 4.69) is 21.1 Å². The van der Waals surface area contributed by atoms with Crippen molar-refractivity contribution < 1.29 is 17.9 Å². The monoisotopic (exact) mass is 520 g/mol. The Labute approximate surface area is 211 Å². The van der Waals surface area contributed by atoms with Crippen molar-refractivity contribution >= 4 is 32.1 Å². The molecule has 0 atom stereocenters. The van der Waals surface area contributed by atoms with Gasteiger partial charge in [0.2, 0.25) is 10.0 Å². The van der Waals surface area contributed by atoms with Crippen LogP contribution in [0.5, 0.6) is 0 Å². The Morgan fingerprint density at radius 3 is 2.84 bits per heavy atom. The molecular formula is C24H24N8O4S. The lowest BCUT2D eigenvalue weighted by Crippen LogP contribution is -2.64. The van der Waals surface area contributed by atoms with Crippen LogP contribution in [0.1, 0.15) is 25.5 Å². The quantitative estimate of drug-likeness (QED) is 0.316. The van der Waals surface area contributed by atoms with Gasteiger partial charge < -0.3 is 14.5 Å². The Hall–Kier alpha value is -3.99. The number of hydrogen-bond acceptors (Lipinski definition) is 8. The fraction of sp³-hybridized carbons (Fsp3) is 0.333. The standard InChI is InChI=1S/C24H24N8O4S/c1-2-9-37(34,35)30-14-24(15-30,6-7-25)31-12-16(10-28-31)32-21-18-5-8-26-22(18)27-11-19(21)29-23(32)20-4-3-17(13-33)36-20/h3-5,8,10-12,33H,2,6,9,13-15H2,1H3,(H,26,27). The molecule has 2 N–H and O–H groups in total. The van der Waals surface area contributed by atoms with Gasteiger partial charge in [-0.15, -0.1) is 0 Å². The number of fused-ring (bicyclic) bond motifs is 3. The third-order valence-electron chi connectivity index (χ3n) is 6.76. The molecule has 5 aromatic rings. The molecular weight excluding hydrogens is 496 g/mol. The maximum absolute atomic E-state index is 12.6. The average molecular weight is 521 g/mol. The number of imidazole rings is 1. The molecule has 0 spiro atoms. The number of rotatable bonds is 8. The lowest BCUT2D eigenvalue weighted by Gasteiger charge is -2.47. The number of sulfonamides is 1. The zero-order valence-electron chi connectivity index (χ0n) is 20.0. The summed E-state index contributed by atoms with van der Waals surface area (Å²) < 4.78 is 36.0. The highest BCUT2D eigenvalue weighted by atomic mass is 32.2. The molecule has 5 aromatic heterocycles. The van der Waals surface area contributed by atoms with Gasteiger partial charge in [0, 0.05) is 30.9 Å². The molecule has 190 valence electrons. The lowest BCUT2D eigenvalue weighted by atomic mass is 9.89. The number of aliphatic hydroxyl groups is 1. The summed E-state index contributed by atoms with van der Waals surface area (Å²) in [5.74, 6) is 1.44. The maximum atomic E-state index is 12.6. The molecule has 0 amide bonds. The number of nitriles is 1. The van der Waals surface area contributed by atoms with Gasteiger partial charge in [0.25, 0.3) is 0 Å². The van der Waals surface area contributed by atoms with Crippen LogP contribution in [0.3, 0.4) is 0 Å². The van der Waals surface area contributed by atoms with Gasteiger partial charge in [-0.1, -0.05) is 6.92 Å². The number of aromatic amines is 1. The van der Waals surface area contributed by atoms with Gasteiger partial charge in [0.15, 0.2) is 11.6 Å². The van der Waals surface area contributed by atoms with Crippen LogP contribution in [0, 0.1) is 11.3 Å². The molecule has 0 radical (unpaired) electrons. The fourth-order valence-electron chi connectivity index (χ4n) is 4.94. The molecule has 1 aliphatic heterocycles. The van der Waals surface area contributed by atoms with Gasteiger partial charge in [-0.25, -0.2) is 18.4 Å². The molecule has 6 rings (SSSR count). The van der Waals surface area contributed by atoms with Crippen LogP contribution in [0.15, 0.2) is 47.4 Å². The van der Waals surface area contributed by atoms with E-state index in [1.807, 2.05) is 17.6 Å². The molecule has 0 aliphatic carbocycles. The van der Waals surface area contributed by atoms with Crippen molar-refractivity contribution in [2.24, 2.45) is 0 Å². The summed E-state index contributed by atoms with van der Waals surface area (Å²) in [6, 6.07) is 7.55. The minimum Gasteiger partial charge on any atom is -0.455 e. The number of nitrogens with zero attached hydrogens (tertiary/aromatic N) is 7. The summed E-state index contributed by atoms with van der Waals surface area (Å²) >= 11 is 0. The highest BCUT2D eigenvalue weighted by Crippen LogP contribution is 2.37. The van der Waals surface area contributed by atoms with Crippen LogP contribution in [0.4, 0.5) is 0 Å². The zero-order valence-corrected chi connectivity index (χ0v) is 20.8. The molecule has 12 nitrogen and oxygen atoms in total. The van der Waals surface area contributed by atoms with Crippen molar-refractivity contribution in [1.29, 1.82) is 5.26 Å². The van der Waals surface area contributed by atoms with Gasteiger partial charge in [-0.2, -0.15) is 14.7 Å². The van der Waals surface area contributed by atoms with Gasteiger partial charge in [-0.3, -0.25) is 9.25 Å². The fourth-order valence-corrected chi connectivity index (χ4v) is 6.59. The molecule has 13 heteroatoms. The van der Waals surface area contributed by atoms with E-state index in [1.165, 1.54) is 4.31 Å². The summed E-state index contributed by atoms with van der Waals surface area (Å²) in [7, 11) is -3.37. The van der Waals surface area contributed by atoms with Crippen LogP contribution < -0.4 is 0 Å². The lowest BCUT2D eigenvalue weighted by molar-refractivity contribution is 0.0717. The third kappa shape index (κ3) is 3.64. The maximum Gasteiger partial charge on any atom is 0.214 e. The molecule has 1 saturated heterocycles. The van der Waals surface area contributed by atoms with E-state index in [9.17, 15) is 18.8 Å². The molecule has 6 heterocycles. The SMILES string of the molecule is CCCS(=O)(=O)N1CC(CC#N)(n2cc(-n3c(-c4ccc(CO)o4)nc4cnc5[nH]ccc5c43)cn2)C1. The van der Waals surface area contributed by atoms with Crippen molar-refractivity contribution in [3.8, 4) is 23.3 Å². The Morgan fingerprint density at radius 1 is 1.27 bits per heavy atom. The summed E-state index contributed by atoms with van der Waals surface area (Å²) in [6.07, 6.45) is 7.60. The Balaban J connectivity index is 1.48. The minimum absolute atomic E-state index is 0.0735.